The molecule has 0 spiro atoms. The fourth-order valence-electron chi connectivity index (χ4n) is 3.01. The summed E-state index contributed by atoms with van der Waals surface area (Å²) in [4.78, 5) is 18.0. The second-order valence-electron chi connectivity index (χ2n) is 6.10. The highest BCUT2D eigenvalue weighted by Crippen LogP contribution is 2.42. The second-order valence-corrected chi connectivity index (χ2v) is 9.46. The fraction of sp³-hybridized carbons (Fsp3) is 0.500. The smallest absolute Gasteiger partial charge is 0.247 e. The molecule has 0 aliphatic carbocycles. The van der Waals surface area contributed by atoms with Crippen LogP contribution in [0.5, 0.6) is 0 Å². The molecule has 0 aromatic heterocycles. The highest BCUT2D eigenvalue weighted by atomic mass is 32.2. The van der Waals surface area contributed by atoms with Gasteiger partial charge in [-0.15, -0.1) is 0 Å². The Kier molecular flexibility index (Phi) is 4.27. The van der Waals surface area contributed by atoms with E-state index in [0.29, 0.717) is 11.6 Å². The number of hydrogen-bond acceptors (Lipinski definition) is 4. The number of rotatable bonds is 2. The lowest BCUT2D eigenvalue weighted by molar-refractivity contribution is -0.117. The van der Waals surface area contributed by atoms with Gasteiger partial charge in [-0.05, 0) is 31.0 Å². The summed E-state index contributed by atoms with van der Waals surface area (Å²) in [5, 5.41) is 0.582. The third kappa shape index (κ3) is 3.17. The van der Waals surface area contributed by atoms with E-state index in [1.807, 2.05) is 36.9 Å². The number of aryl methyl sites for hydroxylation is 2. The van der Waals surface area contributed by atoms with E-state index in [2.05, 4.69) is 4.99 Å². The van der Waals surface area contributed by atoms with Gasteiger partial charge in [0, 0.05) is 17.4 Å². The molecule has 124 valence electrons. The predicted octanol–water partition coefficient (Wildman–Crippen LogP) is 2.31. The Balaban J connectivity index is 2.08. The first kappa shape index (κ1) is 16.5. The molecule has 1 aromatic rings. The zero-order valence-corrected chi connectivity index (χ0v) is 15.1. The van der Waals surface area contributed by atoms with Crippen LogP contribution in [0.2, 0.25) is 0 Å². The van der Waals surface area contributed by atoms with Crippen molar-refractivity contribution in [2.45, 2.75) is 38.5 Å². The van der Waals surface area contributed by atoms with Crippen LogP contribution in [0.3, 0.4) is 0 Å². The quantitative estimate of drug-likeness (QED) is 0.817. The molecule has 0 N–H and O–H groups in total. The molecule has 2 heterocycles. The average Bonchev–Trinajstić information content (AvgIpc) is 2.92. The van der Waals surface area contributed by atoms with Crippen LogP contribution in [0.25, 0.3) is 0 Å². The lowest BCUT2D eigenvalue weighted by Crippen LogP contribution is -2.38. The number of amidine groups is 1. The number of thioether (sulfide) groups is 1. The Morgan fingerprint density at radius 1 is 1.35 bits per heavy atom. The summed E-state index contributed by atoms with van der Waals surface area (Å²) in [5.41, 5.74) is 3.10. The number of amides is 1. The van der Waals surface area contributed by atoms with E-state index in [4.69, 9.17) is 0 Å². The Hall–Kier alpha value is -1.34. The van der Waals surface area contributed by atoms with E-state index in [0.717, 1.165) is 16.8 Å². The number of carbonyl (C=O) groups is 1. The van der Waals surface area contributed by atoms with Crippen molar-refractivity contribution in [3.8, 4) is 0 Å². The van der Waals surface area contributed by atoms with Gasteiger partial charge in [-0.25, -0.2) is 8.42 Å². The Morgan fingerprint density at radius 2 is 2.09 bits per heavy atom. The van der Waals surface area contributed by atoms with Gasteiger partial charge in [0.2, 0.25) is 5.91 Å². The van der Waals surface area contributed by atoms with E-state index >= 15 is 0 Å². The van der Waals surface area contributed by atoms with Crippen molar-refractivity contribution < 1.29 is 13.2 Å². The van der Waals surface area contributed by atoms with Crippen molar-refractivity contribution in [3.63, 3.8) is 0 Å². The van der Waals surface area contributed by atoms with E-state index < -0.39 is 9.84 Å². The third-order valence-electron chi connectivity index (χ3n) is 4.21. The van der Waals surface area contributed by atoms with Gasteiger partial charge in [0.25, 0.3) is 0 Å². The molecule has 0 unspecified atom stereocenters. The number of aliphatic imine (C=N–C) groups is 1. The van der Waals surface area contributed by atoms with Crippen LogP contribution < -0.4 is 4.90 Å². The van der Waals surface area contributed by atoms with E-state index in [1.54, 1.807) is 6.92 Å². The van der Waals surface area contributed by atoms with Gasteiger partial charge >= 0.3 is 0 Å². The molecule has 0 bridgehead atoms. The molecule has 1 aromatic carbocycles. The van der Waals surface area contributed by atoms with Crippen LogP contribution in [-0.4, -0.2) is 42.3 Å². The highest BCUT2D eigenvalue weighted by molar-refractivity contribution is 8.16. The van der Waals surface area contributed by atoms with Crippen molar-refractivity contribution in [1.82, 2.24) is 0 Å². The second kappa shape index (κ2) is 5.94. The summed E-state index contributed by atoms with van der Waals surface area (Å²) in [6, 6.07) is 5.94. The molecular formula is C16H20N2O3S2. The topological polar surface area (TPSA) is 66.8 Å². The summed E-state index contributed by atoms with van der Waals surface area (Å²) in [7, 11) is -3.03. The van der Waals surface area contributed by atoms with E-state index in [-0.39, 0.29) is 28.7 Å². The number of benzene rings is 1. The molecular weight excluding hydrogens is 332 g/mol. The number of sulfone groups is 1. The van der Waals surface area contributed by atoms with Crippen molar-refractivity contribution in [2.24, 2.45) is 4.99 Å². The summed E-state index contributed by atoms with van der Waals surface area (Å²) in [6.45, 7) is 5.78. The van der Waals surface area contributed by atoms with Crippen LogP contribution >= 0.6 is 11.8 Å². The molecule has 2 atom stereocenters. The van der Waals surface area contributed by atoms with Crippen molar-refractivity contribution in [2.75, 3.05) is 16.4 Å². The number of nitrogens with zero attached hydrogens (tertiary/aromatic N) is 2. The summed E-state index contributed by atoms with van der Waals surface area (Å²) >= 11 is 1.42. The third-order valence-corrected chi connectivity index (χ3v) is 7.42. The SMILES string of the molecule is CCC(=O)N=C1S[C@@H]2CS(=O)(=O)C[C@H]2N1c1cc(C)ccc1C. The number of hydrogen-bond donors (Lipinski definition) is 0. The standard InChI is InChI=1S/C16H20N2O3S2/c1-4-15(19)17-16-18(12-7-10(2)5-6-11(12)3)13-8-23(20,21)9-14(13)22-16/h5-7,13-14H,4,8-9H2,1-3H3/t13-,14-/m1/s1. The maximum Gasteiger partial charge on any atom is 0.247 e. The zero-order chi connectivity index (χ0) is 16.8. The molecule has 0 radical (unpaired) electrons. The first-order chi connectivity index (χ1) is 10.8. The minimum atomic E-state index is -3.03. The molecule has 7 heteroatoms. The molecule has 2 aliphatic rings. The van der Waals surface area contributed by atoms with Crippen LogP contribution in [0.1, 0.15) is 24.5 Å². The molecule has 2 aliphatic heterocycles. The maximum atomic E-state index is 12.0. The maximum absolute atomic E-state index is 12.0. The van der Waals surface area contributed by atoms with Gasteiger partial charge in [-0.1, -0.05) is 30.8 Å². The highest BCUT2D eigenvalue weighted by Gasteiger charge is 2.49. The summed E-state index contributed by atoms with van der Waals surface area (Å²) in [5.74, 6) is 0.103. The fourth-order valence-corrected chi connectivity index (χ4v) is 6.94. The number of anilines is 1. The van der Waals surface area contributed by atoms with Crippen molar-refractivity contribution in [1.29, 1.82) is 0 Å². The van der Waals surface area contributed by atoms with Gasteiger partial charge in [0.1, 0.15) is 0 Å². The first-order valence-corrected chi connectivity index (χ1v) is 10.4. The summed E-state index contributed by atoms with van der Waals surface area (Å²) in [6.07, 6.45) is 0.346. The average molecular weight is 352 g/mol. The Labute approximate surface area is 141 Å². The predicted molar refractivity (Wildman–Crippen MR) is 94.9 cm³/mol. The number of carbonyl (C=O) groups excluding carboxylic acids is 1. The lowest BCUT2D eigenvalue weighted by atomic mass is 10.1. The molecule has 2 saturated heterocycles. The van der Waals surface area contributed by atoms with Crippen LogP contribution in [0.4, 0.5) is 5.69 Å². The Morgan fingerprint density at radius 3 is 2.78 bits per heavy atom. The lowest BCUT2D eigenvalue weighted by Gasteiger charge is -2.26. The van der Waals surface area contributed by atoms with Gasteiger partial charge in [0.05, 0.1) is 17.5 Å². The Bertz CT molecular complexity index is 787. The van der Waals surface area contributed by atoms with Crippen molar-refractivity contribution in [3.05, 3.63) is 29.3 Å². The zero-order valence-electron chi connectivity index (χ0n) is 13.4. The molecule has 3 rings (SSSR count). The molecule has 5 nitrogen and oxygen atoms in total. The van der Waals surface area contributed by atoms with Gasteiger partial charge in [-0.2, -0.15) is 4.99 Å². The molecule has 23 heavy (non-hydrogen) atoms. The van der Waals surface area contributed by atoms with Gasteiger partial charge in [0.15, 0.2) is 15.0 Å². The first-order valence-electron chi connectivity index (χ1n) is 7.66. The van der Waals surface area contributed by atoms with Crippen LogP contribution in [-0.2, 0) is 14.6 Å². The molecule has 2 fully saturated rings. The summed E-state index contributed by atoms with van der Waals surface area (Å²) < 4.78 is 24.0. The minimum Gasteiger partial charge on any atom is -0.315 e. The van der Waals surface area contributed by atoms with Crippen molar-refractivity contribution >= 4 is 38.4 Å². The number of fused-ring (bicyclic) bond motifs is 1. The normalized spacial score (nSPS) is 27.4. The largest absolute Gasteiger partial charge is 0.315 e. The minimum absolute atomic E-state index is 0.0525. The van der Waals surface area contributed by atoms with E-state index in [9.17, 15) is 13.2 Å². The molecule has 1 amide bonds. The van der Waals surface area contributed by atoms with Gasteiger partial charge < -0.3 is 4.90 Å². The molecule has 0 saturated carbocycles. The van der Waals surface area contributed by atoms with Crippen LogP contribution in [0.15, 0.2) is 23.2 Å². The van der Waals surface area contributed by atoms with Crippen LogP contribution in [0, 0.1) is 13.8 Å². The monoisotopic (exact) mass is 352 g/mol. The van der Waals surface area contributed by atoms with Gasteiger partial charge in [-0.3, -0.25) is 4.79 Å². The van der Waals surface area contributed by atoms with E-state index in [1.165, 1.54) is 11.8 Å².